The summed E-state index contributed by atoms with van der Waals surface area (Å²) in [5, 5.41) is 0. The minimum atomic E-state index is -0.0502. The van der Waals surface area contributed by atoms with E-state index >= 15 is 0 Å². The van der Waals surface area contributed by atoms with Crippen molar-refractivity contribution >= 4 is 22.6 Å². The van der Waals surface area contributed by atoms with Gasteiger partial charge in [0.1, 0.15) is 5.82 Å². The number of aryl methyl sites for hydroxylation is 1. The number of rotatable bonds is 2. The molecule has 0 spiro atoms. The van der Waals surface area contributed by atoms with Crippen molar-refractivity contribution in [1.29, 1.82) is 0 Å². The molecule has 0 saturated heterocycles. The molecule has 0 radical (unpaired) electrons. The van der Waals surface area contributed by atoms with Crippen LogP contribution in [0, 0.1) is 10.5 Å². The molecule has 0 atom stereocenters. The zero-order chi connectivity index (χ0) is 12.7. The molecule has 1 saturated carbocycles. The summed E-state index contributed by atoms with van der Waals surface area (Å²) < 4.78 is 0.723. The summed E-state index contributed by atoms with van der Waals surface area (Å²) in [7, 11) is 0. The standard InChI is InChI=1S/C13H12IN3O/c1-7-4-5-15-6-9(7)12-16-11(8-2-3-8)10(14)13(18)17-12/h4-6,8H,2-3H2,1H3,(H,16,17,18). The highest BCUT2D eigenvalue weighted by Gasteiger charge is 2.29. The van der Waals surface area contributed by atoms with E-state index in [1.165, 1.54) is 0 Å². The molecule has 1 aliphatic carbocycles. The first kappa shape index (κ1) is 11.8. The van der Waals surface area contributed by atoms with Crippen molar-refractivity contribution in [2.24, 2.45) is 0 Å². The summed E-state index contributed by atoms with van der Waals surface area (Å²) in [5.74, 6) is 1.10. The van der Waals surface area contributed by atoms with Crippen LogP contribution in [-0.2, 0) is 0 Å². The average Bonchev–Trinajstić information content (AvgIpc) is 3.17. The summed E-state index contributed by atoms with van der Waals surface area (Å²) in [5.41, 5.74) is 2.85. The summed E-state index contributed by atoms with van der Waals surface area (Å²) in [6.45, 7) is 1.99. The van der Waals surface area contributed by atoms with E-state index in [1.807, 2.05) is 13.0 Å². The third-order valence-corrected chi connectivity index (χ3v) is 4.19. The lowest BCUT2D eigenvalue weighted by molar-refractivity contribution is 0.955. The summed E-state index contributed by atoms with van der Waals surface area (Å²) >= 11 is 2.08. The van der Waals surface area contributed by atoms with Crippen LogP contribution in [0.4, 0.5) is 0 Å². The van der Waals surface area contributed by atoms with Gasteiger partial charge in [-0.2, -0.15) is 0 Å². The van der Waals surface area contributed by atoms with Crippen LogP contribution in [0.5, 0.6) is 0 Å². The fourth-order valence-corrected chi connectivity index (χ4v) is 2.64. The Morgan fingerprint density at radius 3 is 2.89 bits per heavy atom. The number of pyridine rings is 1. The fraction of sp³-hybridized carbons (Fsp3) is 0.308. The van der Waals surface area contributed by atoms with Crippen molar-refractivity contribution in [1.82, 2.24) is 15.0 Å². The lowest BCUT2D eigenvalue weighted by atomic mass is 10.1. The van der Waals surface area contributed by atoms with Crippen LogP contribution >= 0.6 is 22.6 Å². The molecule has 1 fully saturated rings. The van der Waals surface area contributed by atoms with Crippen molar-refractivity contribution in [2.75, 3.05) is 0 Å². The van der Waals surface area contributed by atoms with Crippen LogP contribution in [0.1, 0.15) is 30.0 Å². The highest BCUT2D eigenvalue weighted by Crippen LogP contribution is 2.40. The third-order valence-electron chi connectivity index (χ3n) is 3.15. The van der Waals surface area contributed by atoms with E-state index in [9.17, 15) is 4.79 Å². The Hall–Kier alpha value is -1.24. The number of nitrogens with one attached hydrogen (secondary N) is 1. The van der Waals surface area contributed by atoms with Crippen LogP contribution in [-0.4, -0.2) is 15.0 Å². The van der Waals surface area contributed by atoms with Gasteiger partial charge in [0, 0.05) is 23.9 Å². The van der Waals surface area contributed by atoms with E-state index in [1.54, 1.807) is 12.4 Å². The second-order valence-corrected chi connectivity index (χ2v) is 5.66. The van der Waals surface area contributed by atoms with E-state index in [0.29, 0.717) is 11.7 Å². The Morgan fingerprint density at radius 1 is 1.44 bits per heavy atom. The first-order valence-corrected chi connectivity index (χ1v) is 6.95. The molecular formula is C13H12IN3O. The van der Waals surface area contributed by atoms with Gasteiger partial charge >= 0.3 is 0 Å². The highest BCUT2D eigenvalue weighted by atomic mass is 127. The van der Waals surface area contributed by atoms with Gasteiger partial charge in [-0.25, -0.2) is 4.98 Å². The molecule has 0 aromatic carbocycles. The number of H-pyrrole nitrogens is 1. The van der Waals surface area contributed by atoms with Gasteiger partial charge in [0.25, 0.3) is 5.56 Å². The molecule has 2 aromatic rings. The van der Waals surface area contributed by atoms with Crippen LogP contribution < -0.4 is 5.56 Å². The molecule has 0 unspecified atom stereocenters. The quantitative estimate of drug-likeness (QED) is 0.845. The van der Waals surface area contributed by atoms with E-state index in [2.05, 4.69) is 37.5 Å². The first-order chi connectivity index (χ1) is 8.66. The maximum atomic E-state index is 12.0. The molecule has 1 aliphatic rings. The Bertz CT molecular complexity index is 662. The lowest BCUT2D eigenvalue weighted by Gasteiger charge is -2.07. The van der Waals surface area contributed by atoms with Gasteiger partial charge in [-0.05, 0) is 54.0 Å². The van der Waals surface area contributed by atoms with Crippen molar-refractivity contribution < 1.29 is 0 Å². The monoisotopic (exact) mass is 353 g/mol. The maximum Gasteiger partial charge on any atom is 0.264 e. The number of aromatic amines is 1. The molecule has 92 valence electrons. The Morgan fingerprint density at radius 2 is 2.22 bits per heavy atom. The topological polar surface area (TPSA) is 58.6 Å². The SMILES string of the molecule is Cc1ccncc1-c1nc(C2CC2)c(I)c(=O)[nH]1. The molecule has 5 heteroatoms. The third kappa shape index (κ3) is 2.07. The smallest absolute Gasteiger partial charge is 0.264 e. The molecule has 4 nitrogen and oxygen atoms in total. The predicted octanol–water partition coefficient (Wildman–Crippen LogP) is 2.62. The number of hydrogen-bond acceptors (Lipinski definition) is 3. The van der Waals surface area contributed by atoms with E-state index < -0.39 is 0 Å². The van der Waals surface area contributed by atoms with Crippen LogP contribution in [0.3, 0.4) is 0 Å². The molecule has 0 amide bonds. The maximum absolute atomic E-state index is 12.0. The molecule has 2 heterocycles. The molecule has 18 heavy (non-hydrogen) atoms. The van der Waals surface area contributed by atoms with Crippen LogP contribution in [0.25, 0.3) is 11.4 Å². The molecule has 3 rings (SSSR count). The summed E-state index contributed by atoms with van der Waals surface area (Å²) in [4.78, 5) is 23.5. The van der Waals surface area contributed by atoms with E-state index in [4.69, 9.17) is 0 Å². The van der Waals surface area contributed by atoms with Gasteiger partial charge in [-0.1, -0.05) is 0 Å². The normalized spacial score (nSPS) is 14.8. The van der Waals surface area contributed by atoms with Crippen LogP contribution in [0.15, 0.2) is 23.3 Å². The number of aromatic nitrogens is 3. The minimum absolute atomic E-state index is 0.0502. The predicted molar refractivity (Wildman–Crippen MR) is 77.5 cm³/mol. The zero-order valence-corrected chi connectivity index (χ0v) is 12.1. The number of nitrogens with zero attached hydrogens (tertiary/aromatic N) is 2. The lowest BCUT2D eigenvalue weighted by Crippen LogP contribution is -2.16. The summed E-state index contributed by atoms with van der Waals surface area (Å²) in [6.07, 6.45) is 5.76. The molecule has 0 bridgehead atoms. The van der Waals surface area contributed by atoms with Gasteiger partial charge in [-0.15, -0.1) is 0 Å². The fourth-order valence-electron chi connectivity index (χ4n) is 1.94. The summed E-state index contributed by atoms with van der Waals surface area (Å²) in [6, 6.07) is 1.92. The first-order valence-electron chi connectivity index (χ1n) is 5.87. The number of halogens is 1. The highest BCUT2D eigenvalue weighted by molar-refractivity contribution is 14.1. The molecule has 2 aromatic heterocycles. The van der Waals surface area contributed by atoms with E-state index in [0.717, 1.165) is 33.2 Å². The van der Waals surface area contributed by atoms with Gasteiger partial charge < -0.3 is 4.98 Å². The minimum Gasteiger partial charge on any atom is -0.306 e. The van der Waals surface area contributed by atoms with E-state index in [-0.39, 0.29) is 5.56 Å². The second kappa shape index (κ2) is 4.46. The Balaban J connectivity index is 2.19. The van der Waals surface area contributed by atoms with Gasteiger partial charge in [0.05, 0.1) is 9.26 Å². The van der Waals surface area contributed by atoms with Crippen molar-refractivity contribution in [3.63, 3.8) is 0 Å². The van der Waals surface area contributed by atoms with Crippen molar-refractivity contribution in [2.45, 2.75) is 25.7 Å². The Labute approximate surface area is 118 Å². The van der Waals surface area contributed by atoms with Gasteiger partial charge in [-0.3, -0.25) is 9.78 Å². The second-order valence-electron chi connectivity index (χ2n) is 4.58. The van der Waals surface area contributed by atoms with Gasteiger partial charge in [0.2, 0.25) is 0 Å². The average molecular weight is 353 g/mol. The molecular weight excluding hydrogens is 341 g/mol. The van der Waals surface area contributed by atoms with Gasteiger partial charge in [0.15, 0.2) is 0 Å². The molecule has 0 aliphatic heterocycles. The largest absolute Gasteiger partial charge is 0.306 e. The Kier molecular flexibility index (Phi) is 2.93. The zero-order valence-electron chi connectivity index (χ0n) is 9.90. The van der Waals surface area contributed by atoms with Crippen LogP contribution in [0.2, 0.25) is 0 Å². The van der Waals surface area contributed by atoms with Crippen molar-refractivity contribution in [3.05, 3.63) is 43.6 Å². The molecule has 1 N–H and O–H groups in total. The van der Waals surface area contributed by atoms with Crippen molar-refractivity contribution in [3.8, 4) is 11.4 Å². The number of hydrogen-bond donors (Lipinski definition) is 1.